The molecule has 0 aliphatic heterocycles. The molecule has 6 aromatic carbocycles. The van der Waals surface area contributed by atoms with Gasteiger partial charge in [-0.3, -0.25) is 0 Å². The maximum absolute atomic E-state index is 6.44. The monoisotopic (exact) mass is 486 g/mol. The van der Waals surface area contributed by atoms with Gasteiger partial charge in [0.05, 0.1) is 11.0 Å². The number of benzene rings is 6. The lowest BCUT2D eigenvalue weighted by Gasteiger charge is -2.08. The molecular formula is C35H22N2O. The van der Waals surface area contributed by atoms with Crippen molar-refractivity contribution in [3.05, 3.63) is 133 Å². The zero-order valence-corrected chi connectivity index (χ0v) is 20.5. The molecule has 0 saturated carbocycles. The lowest BCUT2D eigenvalue weighted by molar-refractivity contribution is 0.621. The third kappa shape index (κ3) is 3.12. The Bertz CT molecular complexity index is 2070. The van der Waals surface area contributed by atoms with Crippen LogP contribution in [0.2, 0.25) is 0 Å². The van der Waals surface area contributed by atoms with Crippen molar-refractivity contribution in [3.8, 4) is 28.3 Å². The summed E-state index contributed by atoms with van der Waals surface area (Å²) < 4.78 is 8.76. The Labute approximate surface area is 219 Å². The Morgan fingerprint density at radius 1 is 0.500 bits per heavy atom. The summed E-state index contributed by atoms with van der Waals surface area (Å²) in [5.74, 6) is 0.626. The van der Waals surface area contributed by atoms with Crippen LogP contribution in [0.15, 0.2) is 138 Å². The summed E-state index contributed by atoms with van der Waals surface area (Å²) in [4.78, 5) is 4.87. The van der Waals surface area contributed by atoms with E-state index in [1.54, 1.807) is 0 Å². The Morgan fingerprint density at radius 3 is 1.87 bits per heavy atom. The van der Waals surface area contributed by atoms with Crippen LogP contribution in [-0.4, -0.2) is 9.55 Å². The second-order valence-electron chi connectivity index (χ2n) is 9.62. The molecule has 0 atom stereocenters. The number of para-hydroxylation sites is 3. The highest BCUT2D eigenvalue weighted by atomic mass is 16.3. The van der Waals surface area contributed by atoms with Crippen LogP contribution in [0.5, 0.6) is 0 Å². The molecule has 2 aromatic heterocycles. The molecule has 178 valence electrons. The van der Waals surface area contributed by atoms with Crippen molar-refractivity contribution in [2.75, 3.05) is 0 Å². The van der Waals surface area contributed by atoms with E-state index in [1.807, 2.05) is 6.07 Å². The summed E-state index contributed by atoms with van der Waals surface area (Å²) in [7, 11) is 0. The van der Waals surface area contributed by atoms with E-state index in [2.05, 4.69) is 132 Å². The molecular weight excluding hydrogens is 464 g/mol. The summed E-state index contributed by atoms with van der Waals surface area (Å²) >= 11 is 0. The third-order valence-electron chi connectivity index (χ3n) is 7.45. The number of hydrogen-bond acceptors (Lipinski definition) is 2. The Hall–Kier alpha value is -5.15. The molecule has 0 radical (unpaired) electrons. The van der Waals surface area contributed by atoms with E-state index in [0.717, 1.165) is 33.5 Å². The van der Waals surface area contributed by atoms with Crippen molar-refractivity contribution >= 4 is 43.7 Å². The van der Waals surface area contributed by atoms with Crippen molar-refractivity contribution in [3.63, 3.8) is 0 Å². The Morgan fingerprint density at radius 2 is 1.11 bits per heavy atom. The van der Waals surface area contributed by atoms with E-state index in [0.29, 0.717) is 5.89 Å². The van der Waals surface area contributed by atoms with Crippen LogP contribution in [0.4, 0.5) is 0 Å². The molecule has 8 aromatic rings. The summed E-state index contributed by atoms with van der Waals surface area (Å²) in [6.07, 6.45) is 0. The van der Waals surface area contributed by atoms with Crippen molar-refractivity contribution < 1.29 is 4.42 Å². The molecule has 0 unspecified atom stereocenters. The maximum atomic E-state index is 6.44. The van der Waals surface area contributed by atoms with Crippen LogP contribution in [0, 0.1) is 0 Å². The van der Waals surface area contributed by atoms with Crippen LogP contribution in [0.25, 0.3) is 71.9 Å². The fraction of sp³-hybridized carbons (Fsp3) is 0. The van der Waals surface area contributed by atoms with E-state index in [-0.39, 0.29) is 0 Å². The molecule has 0 spiro atoms. The van der Waals surface area contributed by atoms with Crippen molar-refractivity contribution in [2.45, 2.75) is 0 Å². The van der Waals surface area contributed by atoms with Gasteiger partial charge >= 0.3 is 0 Å². The van der Waals surface area contributed by atoms with Gasteiger partial charge in [0.1, 0.15) is 5.52 Å². The number of hydrogen-bond donors (Lipinski definition) is 0. The standard InChI is InChI=1S/C35H22N2O/c1-2-11-26-23(9-1)10-7-14-27(26)30-15-8-16-31-34(30)38-35(36-31)24-19-21-25(22-20-24)37-32-17-5-3-12-28(32)29-13-4-6-18-33(29)37/h1-22H. The SMILES string of the molecule is c1ccc2c(-c3cccc4nc(-c5ccc(-n6c7ccccc7c7ccccc76)cc5)oc34)cccc2c1. The molecule has 0 bridgehead atoms. The zero-order chi connectivity index (χ0) is 25.1. The average Bonchev–Trinajstić information content (AvgIpc) is 3.57. The first-order valence-electron chi connectivity index (χ1n) is 12.8. The van der Waals surface area contributed by atoms with Gasteiger partial charge in [-0.05, 0) is 58.8 Å². The predicted molar refractivity (Wildman–Crippen MR) is 157 cm³/mol. The molecule has 2 heterocycles. The molecule has 0 aliphatic rings. The zero-order valence-electron chi connectivity index (χ0n) is 20.5. The van der Waals surface area contributed by atoms with Crippen molar-refractivity contribution in [1.82, 2.24) is 9.55 Å². The highest BCUT2D eigenvalue weighted by Crippen LogP contribution is 2.37. The van der Waals surface area contributed by atoms with Gasteiger partial charge in [-0.1, -0.05) is 91.0 Å². The van der Waals surface area contributed by atoms with E-state index in [1.165, 1.54) is 32.6 Å². The molecule has 38 heavy (non-hydrogen) atoms. The number of rotatable bonds is 3. The van der Waals surface area contributed by atoms with E-state index < -0.39 is 0 Å². The molecule has 0 saturated heterocycles. The van der Waals surface area contributed by atoms with Crippen LogP contribution >= 0.6 is 0 Å². The van der Waals surface area contributed by atoms with Crippen LogP contribution in [0.1, 0.15) is 0 Å². The first-order valence-corrected chi connectivity index (χ1v) is 12.8. The maximum Gasteiger partial charge on any atom is 0.227 e. The molecule has 0 aliphatic carbocycles. The van der Waals surface area contributed by atoms with Gasteiger partial charge in [0.15, 0.2) is 5.58 Å². The largest absolute Gasteiger partial charge is 0.435 e. The smallest absolute Gasteiger partial charge is 0.227 e. The van der Waals surface area contributed by atoms with Gasteiger partial charge in [-0.15, -0.1) is 0 Å². The highest BCUT2D eigenvalue weighted by molar-refractivity contribution is 6.09. The summed E-state index contributed by atoms with van der Waals surface area (Å²) in [6, 6.07) is 46.7. The first kappa shape index (κ1) is 21.0. The number of oxazole rings is 1. The fourth-order valence-electron chi connectivity index (χ4n) is 5.70. The van der Waals surface area contributed by atoms with Gasteiger partial charge in [-0.2, -0.15) is 0 Å². The minimum Gasteiger partial charge on any atom is -0.435 e. The molecule has 8 rings (SSSR count). The van der Waals surface area contributed by atoms with E-state index >= 15 is 0 Å². The molecule has 0 fully saturated rings. The average molecular weight is 487 g/mol. The quantitative estimate of drug-likeness (QED) is 0.249. The number of fused-ring (bicyclic) bond motifs is 5. The Balaban J connectivity index is 1.25. The summed E-state index contributed by atoms with van der Waals surface area (Å²) in [5.41, 5.74) is 8.33. The molecule has 0 N–H and O–H groups in total. The van der Waals surface area contributed by atoms with Gasteiger partial charge in [-0.25, -0.2) is 4.98 Å². The minimum absolute atomic E-state index is 0.626. The van der Waals surface area contributed by atoms with E-state index in [9.17, 15) is 0 Å². The minimum atomic E-state index is 0.626. The van der Waals surface area contributed by atoms with Gasteiger partial charge < -0.3 is 8.98 Å². The predicted octanol–water partition coefficient (Wildman–Crippen LogP) is 9.41. The molecule has 3 heteroatoms. The summed E-state index contributed by atoms with van der Waals surface area (Å²) in [5, 5.41) is 4.93. The lowest BCUT2D eigenvalue weighted by Crippen LogP contribution is -1.93. The van der Waals surface area contributed by atoms with Crippen molar-refractivity contribution in [2.24, 2.45) is 0 Å². The van der Waals surface area contributed by atoms with Crippen molar-refractivity contribution in [1.29, 1.82) is 0 Å². The fourth-order valence-corrected chi connectivity index (χ4v) is 5.70. The van der Waals surface area contributed by atoms with Gasteiger partial charge in [0, 0.05) is 27.6 Å². The number of nitrogens with zero attached hydrogens (tertiary/aromatic N) is 2. The number of aromatic nitrogens is 2. The summed E-state index contributed by atoms with van der Waals surface area (Å²) in [6.45, 7) is 0. The second-order valence-corrected chi connectivity index (χ2v) is 9.62. The highest BCUT2D eigenvalue weighted by Gasteiger charge is 2.16. The van der Waals surface area contributed by atoms with E-state index in [4.69, 9.17) is 9.40 Å². The lowest BCUT2D eigenvalue weighted by atomic mass is 9.98. The van der Waals surface area contributed by atoms with Gasteiger partial charge in [0.2, 0.25) is 5.89 Å². The van der Waals surface area contributed by atoms with Crippen LogP contribution in [-0.2, 0) is 0 Å². The Kier molecular flexibility index (Phi) is 4.52. The van der Waals surface area contributed by atoms with Crippen LogP contribution in [0.3, 0.4) is 0 Å². The normalized spacial score (nSPS) is 11.7. The molecule has 0 amide bonds. The first-order chi connectivity index (χ1) is 18.8. The second kappa shape index (κ2) is 8.19. The topological polar surface area (TPSA) is 31.0 Å². The molecule has 3 nitrogen and oxygen atoms in total. The van der Waals surface area contributed by atoms with Crippen LogP contribution < -0.4 is 0 Å². The third-order valence-corrected chi connectivity index (χ3v) is 7.45. The van der Waals surface area contributed by atoms with Gasteiger partial charge in [0.25, 0.3) is 0 Å².